The number of aliphatic hydroxyl groups excluding tert-OH is 1. The number of rotatable bonds is 2. The largest absolute Gasteiger partial charge is 0.384 e. The summed E-state index contributed by atoms with van der Waals surface area (Å²) in [5.74, 6) is 4.82. The van der Waals surface area contributed by atoms with Crippen LogP contribution in [0.4, 0.5) is 5.13 Å². The van der Waals surface area contributed by atoms with Gasteiger partial charge in [0.2, 0.25) is 0 Å². The number of amides is 1. The van der Waals surface area contributed by atoms with Crippen LogP contribution in [0.25, 0.3) is 0 Å². The lowest BCUT2D eigenvalue weighted by atomic mass is 10.2. The lowest BCUT2D eigenvalue weighted by molar-refractivity contribution is 0.102. The second-order valence-electron chi connectivity index (χ2n) is 3.55. The molecule has 0 saturated carbocycles. The fraction of sp³-hybridized carbons (Fsp3) is 0.0769. The summed E-state index contributed by atoms with van der Waals surface area (Å²) in [5, 5.41) is 12.1. The van der Waals surface area contributed by atoms with Crippen molar-refractivity contribution in [1.29, 1.82) is 0 Å². The van der Waals surface area contributed by atoms with Crippen molar-refractivity contribution in [2.24, 2.45) is 0 Å². The summed E-state index contributed by atoms with van der Waals surface area (Å²) >= 11 is 13.0. The van der Waals surface area contributed by atoms with Crippen LogP contribution in [0.3, 0.4) is 0 Å². The smallest absolute Gasteiger partial charge is 0.259 e. The van der Waals surface area contributed by atoms with E-state index in [0.717, 1.165) is 0 Å². The first-order valence-electron chi connectivity index (χ1n) is 5.42. The van der Waals surface area contributed by atoms with Gasteiger partial charge in [0, 0.05) is 0 Å². The number of carbonyl (C=O) groups is 1. The quantitative estimate of drug-likeness (QED) is 0.834. The molecule has 20 heavy (non-hydrogen) atoms. The molecule has 1 aromatic carbocycles. The highest BCUT2D eigenvalue weighted by molar-refractivity contribution is 7.16. The van der Waals surface area contributed by atoms with Crippen LogP contribution >= 0.6 is 34.5 Å². The number of aromatic nitrogens is 1. The van der Waals surface area contributed by atoms with Crippen LogP contribution in [-0.2, 0) is 0 Å². The van der Waals surface area contributed by atoms with Crippen LogP contribution in [0.1, 0.15) is 15.2 Å². The second-order valence-corrected chi connectivity index (χ2v) is 5.36. The first kappa shape index (κ1) is 14.8. The third kappa shape index (κ3) is 3.50. The SMILES string of the molecule is O=C(Nc1ncc(C#CCO)s1)c1cccc(Cl)c1Cl. The minimum Gasteiger partial charge on any atom is -0.384 e. The van der Waals surface area contributed by atoms with Gasteiger partial charge in [0.15, 0.2) is 5.13 Å². The number of nitrogens with one attached hydrogen (secondary N) is 1. The number of hydrogen-bond donors (Lipinski definition) is 2. The Morgan fingerprint density at radius 2 is 2.25 bits per heavy atom. The molecule has 0 unspecified atom stereocenters. The summed E-state index contributed by atoms with van der Waals surface area (Å²) < 4.78 is 0. The fourth-order valence-corrected chi connectivity index (χ4v) is 2.43. The van der Waals surface area contributed by atoms with Gasteiger partial charge in [0.05, 0.1) is 26.7 Å². The molecule has 0 aliphatic heterocycles. The first-order valence-corrected chi connectivity index (χ1v) is 7.00. The Hall–Kier alpha value is -1.58. The maximum absolute atomic E-state index is 12.0. The molecule has 0 aliphatic carbocycles. The summed E-state index contributed by atoms with van der Waals surface area (Å²) in [7, 11) is 0. The summed E-state index contributed by atoms with van der Waals surface area (Å²) in [6.45, 7) is -0.224. The van der Waals surface area contributed by atoms with Gasteiger partial charge in [-0.05, 0) is 12.1 Å². The number of benzene rings is 1. The fourth-order valence-electron chi connectivity index (χ4n) is 1.36. The van der Waals surface area contributed by atoms with Crippen molar-refractivity contribution in [1.82, 2.24) is 4.98 Å². The first-order chi connectivity index (χ1) is 9.61. The van der Waals surface area contributed by atoms with Gasteiger partial charge in [0.1, 0.15) is 6.61 Å². The molecule has 2 N–H and O–H groups in total. The molecule has 2 aromatic rings. The minimum atomic E-state index is -0.395. The van der Waals surface area contributed by atoms with Gasteiger partial charge in [-0.25, -0.2) is 4.98 Å². The highest BCUT2D eigenvalue weighted by Crippen LogP contribution is 2.26. The van der Waals surface area contributed by atoms with Crippen LogP contribution in [0.15, 0.2) is 24.4 Å². The maximum atomic E-state index is 12.0. The van der Waals surface area contributed by atoms with Crippen LogP contribution in [0.2, 0.25) is 10.0 Å². The number of anilines is 1. The molecule has 0 spiro atoms. The van der Waals surface area contributed by atoms with Crippen LogP contribution in [0, 0.1) is 11.8 Å². The van der Waals surface area contributed by atoms with Gasteiger partial charge in [-0.2, -0.15) is 0 Å². The molecule has 0 atom stereocenters. The second kappa shape index (κ2) is 6.73. The van der Waals surface area contributed by atoms with Crippen LogP contribution < -0.4 is 5.32 Å². The lowest BCUT2D eigenvalue weighted by Crippen LogP contribution is -2.12. The molecule has 1 aromatic heterocycles. The molecule has 0 aliphatic rings. The zero-order valence-corrected chi connectivity index (χ0v) is 12.3. The van der Waals surface area contributed by atoms with E-state index < -0.39 is 5.91 Å². The van der Waals surface area contributed by atoms with E-state index in [1.54, 1.807) is 18.2 Å². The molecule has 4 nitrogen and oxygen atoms in total. The molecule has 1 amide bonds. The minimum absolute atomic E-state index is 0.198. The molecular weight excluding hydrogens is 319 g/mol. The molecule has 0 bridgehead atoms. The summed E-state index contributed by atoms with van der Waals surface area (Å²) in [4.78, 5) is 16.7. The third-order valence-electron chi connectivity index (χ3n) is 2.21. The van der Waals surface area contributed by atoms with Crippen LogP contribution in [-0.4, -0.2) is 22.6 Å². The molecule has 0 radical (unpaired) electrons. The zero-order chi connectivity index (χ0) is 14.5. The van der Waals surface area contributed by atoms with Gasteiger partial charge >= 0.3 is 0 Å². The topological polar surface area (TPSA) is 62.2 Å². The Kier molecular flexibility index (Phi) is 4.99. The molecule has 102 valence electrons. The normalized spacial score (nSPS) is 9.75. The average Bonchev–Trinajstić information content (AvgIpc) is 2.87. The van der Waals surface area contributed by atoms with Gasteiger partial charge < -0.3 is 5.11 Å². The number of halogens is 2. The van der Waals surface area contributed by atoms with Crippen molar-refractivity contribution < 1.29 is 9.90 Å². The van der Waals surface area contributed by atoms with Crippen LogP contribution in [0.5, 0.6) is 0 Å². The number of aliphatic hydroxyl groups is 1. The Bertz CT molecular complexity index is 704. The van der Waals surface area contributed by atoms with E-state index in [2.05, 4.69) is 22.1 Å². The Morgan fingerprint density at radius 1 is 1.45 bits per heavy atom. The Labute approximate surface area is 129 Å². The summed E-state index contributed by atoms with van der Waals surface area (Å²) in [5.41, 5.74) is 0.275. The van der Waals surface area contributed by atoms with Gasteiger partial charge in [0.25, 0.3) is 5.91 Å². The average molecular weight is 327 g/mol. The van der Waals surface area contributed by atoms with E-state index >= 15 is 0 Å². The molecule has 0 fully saturated rings. The summed E-state index contributed by atoms with van der Waals surface area (Å²) in [6, 6.07) is 4.82. The molecule has 2 rings (SSSR count). The van der Waals surface area contributed by atoms with Crippen molar-refractivity contribution in [3.05, 3.63) is 44.9 Å². The highest BCUT2D eigenvalue weighted by Gasteiger charge is 2.14. The molecule has 1 heterocycles. The van der Waals surface area contributed by atoms with Gasteiger partial charge in [-0.15, -0.1) is 0 Å². The maximum Gasteiger partial charge on any atom is 0.259 e. The predicted octanol–water partition coefficient (Wildman–Crippen LogP) is 3.05. The Morgan fingerprint density at radius 3 is 3.00 bits per heavy atom. The predicted molar refractivity (Wildman–Crippen MR) is 80.5 cm³/mol. The van der Waals surface area contributed by atoms with E-state index in [-0.39, 0.29) is 17.2 Å². The molecule has 0 saturated heterocycles. The number of nitrogens with zero attached hydrogens (tertiary/aromatic N) is 1. The Balaban J connectivity index is 2.15. The van der Waals surface area contributed by atoms with E-state index in [9.17, 15) is 4.79 Å². The van der Waals surface area contributed by atoms with E-state index in [1.807, 2.05) is 0 Å². The van der Waals surface area contributed by atoms with Crippen molar-refractivity contribution in [2.75, 3.05) is 11.9 Å². The summed E-state index contributed by atoms with van der Waals surface area (Å²) in [6.07, 6.45) is 1.52. The molecule has 7 heteroatoms. The standard InChI is InChI=1S/C13H8Cl2N2O2S/c14-10-5-1-4-9(11(10)15)12(19)17-13-16-7-8(20-13)3-2-6-18/h1,4-5,7,18H,6H2,(H,16,17,19). The molecular formula is C13H8Cl2N2O2S. The van der Waals surface area contributed by atoms with Gasteiger partial charge in [-0.1, -0.05) is 52.4 Å². The van der Waals surface area contributed by atoms with E-state index in [1.165, 1.54) is 17.5 Å². The number of carbonyl (C=O) groups excluding carboxylic acids is 1. The van der Waals surface area contributed by atoms with Crippen molar-refractivity contribution in [2.45, 2.75) is 0 Å². The van der Waals surface area contributed by atoms with Crippen molar-refractivity contribution >= 4 is 45.6 Å². The van der Waals surface area contributed by atoms with Gasteiger partial charge in [-0.3, -0.25) is 10.1 Å². The van der Waals surface area contributed by atoms with E-state index in [4.69, 9.17) is 28.3 Å². The third-order valence-corrected chi connectivity index (χ3v) is 3.86. The highest BCUT2D eigenvalue weighted by atomic mass is 35.5. The zero-order valence-electron chi connectivity index (χ0n) is 9.98. The number of thiazole rings is 1. The van der Waals surface area contributed by atoms with Crippen molar-refractivity contribution in [3.63, 3.8) is 0 Å². The lowest BCUT2D eigenvalue weighted by Gasteiger charge is -2.04. The van der Waals surface area contributed by atoms with E-state index in [0.29, 0.717) is 15.0 Å². The monoisotopic (exact) mass is 326 g/mol. The number of hydrogen-bond acceptors (Lipinski definition) is 4. The van der Waals surface area contributed by atoms with Crippen molar-refractivity contribution in [3.8, 4) is 11.8 Å².